The van der Waals surface area contributed by atoms with Gasteiger partial charge in [0.15, 0.2) is 0 Å². The molecule has 0 aliphatic heterocycles. The lowest BCUT2D eigenvalue weighted by molar-refractivity contribution is 0.0149. The first-order valence-electron chi connectivity index (χ1n) is 4.88. The van der Waals surface area contributed by atoms with Gasteiger partial charge in [-0.15, -0.1) is 0 Å². The summed E-state index contributed by atoms with van der Waals surface area (Å²) >= 11 is 5.78. The van der Waals surface area contributed by atoms with E-state index in [1.54, 1.807) is 0 Å². The van der Waals surface area contributed by atoms with Crippen molar-refractivity contribution in [2.75, 3.05) is 6.54 Å². The average molecular weight is 260 g/mol. The molecule has 5 nitrogen and oxygen atoms in total. The van der Waals surface area contributed by atoms with Crippen molar-refractivity contribution in [1.29, 1.82) is 0 Å². The van der Waals surface area contributed by atoms with Gasteiger partial charge < -0.3 is 10.2 Å². The third-order valence-electron chi connectivity index (χ3n) is 2.23. The summed E-state index contributed by atoms with van der Waals surface area (Å²) in [4.78, 5) is 2.52. The summed E-state index contributed by atoms with van der Waals surface area (Å²) in [5.74, 6) is -0.550. The Kier molecular flexibility index (Phi) is 5.18. The molecule has 2 unspecified atom stereocenters. The number of aliphatic hydroxyl groups is 2. The van der Waals surface area contributed by atoms with Crippen LogP contribution in [0.2, 0.25) is 5.02 Å². The van der Waals surface area contributed by atoms with Crippen molar-refractivity contribution >= 4 is 11.6 Å². The Balaban J connectivity index is 2.76. The van der Waals surface area contributed by atoms with E-state index < -0.39 is 18.0 Å². The molecule has 2 N–H and O–H groups in total. The SMILES string of the molecule is [N-]=[N+]=NCCC(O)C(O)c1cc(F)ccc1Cl. The van der Waals surface area contributed by atoms with Crippen molar-refractivity contribution in [3.8, 4) is 0 Å². The highest BCUT2D eigenvalue weighted by molar-refractivity contribution is 6.31. The fourth-order valence-corrected chi connectivity index (χ4v) is 1.57. The van der Waals surface area contributed by atoms with Crippen LogP contribution in [0.25, 0.3) is 10.4 Å². The normalized spacial score (nSPS) is 13.9. The van der Waals surface area contributed by atoms with Gasteiger partial charge in [-0.3, -0.25) is 0 Å². The minimum Gasteiger partial charge on any atom is -0.390 e. The van der Waals surface area contributed by atoms with Crippen LogP contribution in [-0.2, 0) is 0 Å². The molecule has 0 saturated carbocycles. The topological polar surface area (TPSA) is 89.2 Å². The summed E-state index contributed by atoms with van der Waals surface area (Å²) in [6.45, 7) is 0.0433. The Morgan fingerprint density at radius 3 is 2.82 bits per heavy atom. The first-order valence-corrected chi connectivity index (χ1v) is 5.26. The Labute approximate surface area is 102 Å². The molecular formula is C10H11ClFN3O2. The van der Waals surface area contributed by atoms with E-state index in [1.165, 1.54) is 6.07 Å². The second kappa shape index (κ2) is 6.42. The van der Waals surface area contributed by atoms with Gasteiger partial charge >= 0.3 is 0 Å². The molecule has 0 fully saturated rings. The van der Waals surface area contributed by atoms with Gasteiger partial charge in [-0.25, -0.2) is 4.39 Å². The van der Waals surface area contributed by atoms with Gasteiger partial charge in [0, 0.05) is 22.0 Å². The van der Waals surface area contributed by atoms with Crippen LogP contribution in [0.15, 0.2) is 23.3 Å². The van der Waals surface area contributed by atoms with Crippen molar-refractivity contribution in [1.82, 2.24) is 0 Å². The van der Waals surface area contributed by atoms with Crippen molar-refractivity contribution in [3.63, 3.8) is 0 Å². The molecule has 1 aromatic carbocycles. The fraction of sp³-hybridized carbons (Fsp3) is 0.400. The highest BCUT2D eigenvalue weighted by Crippen LogP contribution is 2.27. The van der Waals surface area contributed by atoms with Crippen LogP contribution in [0.4, 0.5) is 4.39 Å². The molecule has 0 aromatic heterocycles. The predicted molar refractivity (Wildman–Crippen MR) is 61.0 cm³/mol. The molecule has 0 bridgehead atoms. The van der Waals surface area contributed by atoms with Crippen molar-refractivity contribution in [2.45, 2.75) is 18.6 Å². The summed E-state index contributed by atoms with van der Waals surface area (Å²) in [5, 5.41) is 22.8. The third kappa shape index (κ3) is 3.87. The second-order valence-corrected chi connectivity index (χ2v) is 3.83. The number of benzene rings is 1. The summed E-state index contributed by atoms with van der Waals surface area (Å²) in [6.07, 6.45) is -2.41. The van der Waals surface area contributed by atoms with Gasteiger partial charge in [-0.05, 0) is 30.2 Å². The molecule has 92 valence electrons. The smallest absolute Gasteiger partial charge is 0.123 e. The average Bonchev–Trinajstić information content (AvgIpc) is 2.31. The van der Waals surface area contributed by atoms with Crippen LogP contribution >= 0.6 is 11.6 Å². The van der Waals surface area contributed by atoms with Gasteiger partial charge in [0.05, 0.1) is 6.10 Å². The Morgan fingerprint density at radius 2 is 2.18 bits per heavy atom. The molecule has 0 radical (unpaired) electrons. The van der Waals surface area contributed by atoms with E-state index in [1.807, 2.05) is 0 Å². The minimum absolute atomic E-state index is 0.0433. The van der Waals surface area contributed by atoms with Crippen LogP contribution < -0.4 is 0 Å². The molecular weight excluding hydrogens is 249 g/mol. The number of hydrogen-bond donors (Lipinski definition) is 2. The first-order chi connectivity index (χ1) is 8.06. The summed E-state index contributed by atoms with van der Waals surface area (Å²) in [5.41, 5.74) is 8.17. The Bertz CT molecular complexity index is 438. The molecule has 1 aromatic rings. The lowest BCUT2D eigenvalue weighted by Crippen LogP contribution is -2.19. The third-order valence-corrected chi connectivity index (χ3v) is 2.57. The standard InChI is InChI=1S/C10H11ClFN3O2/c11-8-2-1-6(12)5-7(8)10(17)9(16)3-4-14-15-13/h1-2,5,9-10,16-17H,3-4H2. The molecule has 0 saturated heterocycles. The van der Waals surface area contributed by atoms with Crippen LogP contribution in [0.1, 0.15) is 18.1 Å². The number of rotatable bonds is 5. The molecule has 1 rings (SSSR count). The molecule has 7 heteroatoms. The molecule has 0 aliphatic carbocycles. The number of aliphatic hydroxyl groups excluding tert-OH is 2. The zero-order valence-electron chi connectivity index (χ0n) is 8.79. The lowest BCUT2D eigenvalue weighted by Gasteiger charge is -2.18. The van der Waals surface area contributed by atoms with Gasteiger partial charge in [0.25, 0.3) is 0 Å². The van der Waals surface area contributed by atoms with Gasteiger partial charge in [0.2, 0.25) is 0 Å². The minimum atomic E-state index is -1.31. The van der Waals surface area contributed by atoms with E-state index in [0.717, 1.165) is 12.1 Å². The number of halogens is 2. The molecule has 0 aliphatic rings. The molecule has 0 spiro atoms. The summed E-state index contributed by atoms with van der Waals surface area (Å²) in [6, 6.07) is 3.52. The molecule has 17 heavy (non-hydrogen) atoms. The number of hydrogen-bond acceptors (Lipinski definition) is 3. The zero-order valence-corrected chi connectivity index (χ0v) is 9.55. The maximum Gasteiger partial charge on any atom is 0.123 e. The van der Waals surface area contributed by atoms with Gasteiger partial charge in [-0.2, -0.15) is 0 Å². The monoisotopic (exact) mass is 259 g/mol. The first kappa shape index (κ1) is 13.7. The van der Waals surface area contributed by atoms with Gasteiger partial charge in [0.1, 0.15) is 11.9 Å². The highest BCUT2D eigenvalue weighted by atomic mass is 35.5. The maximum absolute atomic E-state index is 13.0. The highest BCUT2D eigenvalue weighted by Gasteiger charge is 2.20. The van der Waals surface area contributed by atoms with E-state index in [-0.39, 0.29) is 23.6 Å². The lowest BCUT2D eigenvalue weighted by atomic mass is 10.0. The second-order valence-electron chi connectivity index (χ2n) is 3.42. The van der Waals surface area contributed by atoms with Gasteiger partial charge in [-0.1, -0.05) is 16.7 Å². The Morgan fingerprint density at radius 1 is 1.47 bits per heavy atom. The summed E-state index contributed by atoms with van der Waals surface area (Å²) in [7, 11) is 0. The van der Waals surface area contributed by atoms with Crippen molar-refractivity contribution < 1.29 is 14.6 Å². The van der Waals surface area contributed by atoms with E-state index >= 15 is 0 Å². The predicted octanol–water partition coefficient (Wildman–Crippen LogP) is 2.57. The zero-order chi connectivity index (χ0) is 12.8. The quantitative estimate of drug-likeness (QED) is 0.483. The maximum atomic E-state index is 13.0. The molecule has 0 heterocycles. The molecule has 2 atom stereocenters. The summed E-state index contributed by atoms with van der Waals surface area (Å²) < 4.78 is 13.0. The largest absolute Gasteiger partial charge is 0.390 e. The van der Waals surface area contributed by atoms with E-state index in [0.29, 0.717) is 0 Å². The van der Waals surface area contributed by atoms with Crippen molar-refractivity contribution in [3.05, 3.63) is 45.0 Å². The fourth-order valence-electron chi connectivity index (χ4n) is 1.34. The van der Waals surface area contributed by atoms with E-state index in [9.17, 15) is 14.6 Å². The number of azide groups is 1. The van der Waals surface area contributed by atoms with E-state index in [2.05, 4.69) is 10.0 Å². The van der Waals surface area contributed by atoms with Crippen LogP contribution in [0, 0.1) is 5.82 Å². The van der Waals surface area contributed by atoms with E-state index in [4.69, 9.17) is 17.1 Å². The van der Waals surface area contributed by atoms with Crippen LogP contribution in [-0.4, -0.2) is 22.9 Å². The van der Waals surface area contributed by atoms with Crippen molar-refractivity contribution in [2.24, 2.45) is 5.11 Å². The van der Waals surface area contributed by atoms with Crippen LogP contribution in [0.5, 0.6) is 0 Å². The Hall–Kier alpha value is -1.33. The number of nitrogens with zero attached hydrogens (tertiary/aromatic N) is 3. The van der Waals surface area contributed by atoms with Crippen LogP contribution in [0.3, 0.4) is 0 Å². The molecule has 0 amide bonds.